The second-order valence-electron chi connectivity index (χ2n) is 7.23. The molecule has 0 aliphatic carbocycles. The first-order chi connectivity index (χ1) is 12.0. The number of nitrogens with zero attached hydrogens (tertiary/aromatic N) is 3. The molecular formula is C20H34N4O. The van der Waals surface area contributed by atoms with E-state index in [0.717, 1.165) is 24.8 Å². The standard InChI is InChI=1S/C20H34N4O/c1-16(2)24-12-6-7-18(15-24)13-22-20(21-3)23(4)14-17-8-10-19(25-5)11-9-17/h8-11,16,18H,6-7,12-15H2,1-5H3,(H,21,22). The van der Waals surface area contributed by atoms with Crippen LogP contribution in [0.4, 0.5) is 0 Å². The third-order valence-electron chi connectivity index (χ3n) is 4.98. The number of guanidine groups is 1. The van der Waals surface area contributed by atoms with Crippen LogP contribution in [0.2, 0.25) is 0 Å². The van der Waals surface area contributed by atoms with Crippen molar-refractivity contribution in [2.24, 2.45) is 10.9 Å². The molecule has 1 aromatic rings. The largest absolute Gasteiger partial charge is 0.497 e. The van der Waals surface area contributed by atoms with Gasteiger partial charge in [-0.2, -0.15) is 0 Å². The Morgan fingerprint density at radius 3 is 2.68 bits per heavy atom. The summed E-state index contributed by atoms with van der Waals surface area (Å²) in [6, 6.07) is 8.85. The Bertz CT molecular complexity index is 541. The maximum absolute atomic E-state index is 5.22. The number of likely N-dealkylation sites (tertiary alicyclic amines) is 1. The van der Waals surface area contributed by atoms with Crippen LogP contribution >= 0.6 is 0 Å². The van der Waals surface area contributed by atoms with E-state index in [1.807, 2.05) is 19.2 Å². The van der Waals surface area contributed by atoms with Crippen molar-refractivity contribution in [3.63, 3.8) is 0 Å². The number of ether oxygens (including phenoxy) is 1. The summed E-state index contributed by atoms with van der Waals surface area (Å²) in [6.07, 6.45) is 2.60. The molecule has 1 heterocycles. The van der Waals surface area contributed by atoms with Crippen LogP contribution in [-0.2, 0) is 6.54 Å². The Kier molecular flexibility index (Phi) is 7.56. The molecule has 2 rings (SSSR count). The van der Waals surface area contributed by atoms with E-state index in [2.05, 4.69) is 53.1 Å². The second kappa shape index (κ2) is 9.66. The molecule has 1 aliphatic heterocycles. The molecule has 140 valence electrons. The van der Waals surface area contributed by atoms with Crippen LogP contribution < -0.4 is 10.1 Å². The van der Waals surface area contributed by atoms with Crippen molar-refractivity contribution in [3.8, 4) is 5.75 Å². The van der Waals surface area contributed by atoms with Gasteiger partial charge < -0.3 is 19.9 Å². The zero-order valence-corrected chi connectivity index (χ0v) is 16.5. The second-order valence-corrected chi connectivity index (χ2v) is 7.23. The summed E-state index contributed by atoms with van der Waals surface area (Å²) in [7, 11) is 5.63. The molecule has 1 saturated heterocycles. The molecular weight excluding hydrogens is 312 g/mol. The highest BCUT2D eigenvalue weighted by Gasteiger charge is 2.22. The van der Waals surface area contributed by atoms with Gasteiger partial charge in [-0.25, -0.2) is 0 Å². The van der Waals surface area contributed by atoms with E-state index in [1.165, 1.54) is 31.5 Å². The third-order valence-corrected chi connectivity index (χ3v) is 4.98. The minimum atomic E-state index is 0.639. The van der Waals surface area contributed by atoms with Crippen LogP contribution in [0, 0.1) is 5.92 Å². The van der Waals surface area contributed by atoms with Crippen molar-refractivity contribution >= 4 is 5.96 Å². The lowest BCUT2D eigenvalue weighted by Crippen LogP contribution is -2.46. The maximum atomic E-state index is 5.22. The van der Waals surface area contributed by atoms with E-state index < -0.39 is 0 Å². The van der Waals surface area contributed by atoms with Gasteiger partial charge in [0.1, 0.15) is 5.75 Å². The van der Waals surface area contributed by atoms with Crippen molar-refractivity contribution < 1.29 is 4.74 Å². The van der Waals surface area contributed by atoms with Gasteiger partial charge >= 0.3 is 0 Å². The predicted molar refractivity (Wildman–Crippen MR) is 105 cm³/mol. The monoisotopic (exact) mass is 346 g/mol. The summed E-state index contributed by atoms with van der Waals surface area (Å²) in [4.78, 5) is 9.20. The van der Waals surface area contributed by atoms with Crippen LogP contribution in [0.1, 0.15) is 32.3 Å². The predicted octanol–water partition coefficient (Wildman–Crippen LogP) is 2.82. The van der Waals surface area contributed by atoms with Gasteiger partial charge in [0.2, 0.25) is 0 Å². The number of nitrogens with one attached hydrogen (secondary N) is 1. The first-order valence-electron chi connectivity index (χ1n) is 9.32. The number of hydrogen-bond acceptors (Lipinski definition) is 3. The molecule has 1 aromatic carbocycles. The van der Waals surface area contributed by atoms with Crippen molar-refractivity contribution in [2.75, 3.05) is 40.8 Å². The molecule has 5 heteroatoms. The van der Waals surface area contributed by atoms with E-state index in [0.29, 0.717) is 12.0 Å². The molecule has 5 nitrogen and oxygen atoms in total. The van der Waals surface area contributed by atoms with Gasteiger partial charge in [0.25, 0.3) is 0 Å². The fourth-order valence-electron chi connectivity index (χ4n) is 3.43. The molecule has 25 heavy (non-hydrogen) atoms. The molecule has 1 fully saturated rings. The minimum absolute atomic E-state index is 0.639. The van der Waals surface area contributed by atoms with E-state index in [4.69, 9.17) is 4.74 Å². The topological polar surface area (TPSA) is 40.1 Å². The number of hydrogen-bond donors (Lipinski definition) is 1. The van der Waals surface area contributed by atoms with E-state index >= 15 is 0 Å². The van der Waals surface area contributed by atoms with E-state index in [-0.39, 0.29) is 0 Å². The summed E-state index contributed by atoms with van der Waals surface area (Å²) in [5.41, 5.74) is 1.25. The van der Waals surface area contributed by atoms with Gasteiger partial charge in [0.05, 0.1) is 7.11 Å². The van der Waals surface area contributed by atoms with Crippen LogP contribution in [0.3, 0.4) is 0 Å². The number of rotatable bonds is 6. The summed E-state index contributed by atoms with van der Waals surface area (Å²) < 4.78 is 5.22. The Morgan fingerprint density at radius 2 is 2.08 bits per heavy atom. The quantitative estimate of drug-likeness (QED) is 0.635. The lowest BCUT2D eigenvalue weighted by molar-refractivity contribution is 0.140. The molecule has 1 unspecified atom stereocenters. The minimum Gasteiger partial charge on any atom is -0.497 e. The Hall–Kier alpha value is -1.75. The van der Waals surface area contributed by atoms with Gasteiger partial charge in [0, 0.05) is 39.8 Å². The van der Waals surface area contributed by atoms with E-state index in [9.17, 15) is 0 Å². The van der Waals surface area contributed by atoms with Crippen molar-refractivity contribution in [3.05, 3.63) is 29.8 Å². The normalized spacial score (nSPS) is 19.1. The molecule has 0 saturated carbocycles. The van der Waals surface area contributed by atoms with Crippen molar-refractivity contribution in [1.82, 2.24) is 15.1 Å². The van der Waals surface area contributed by atoms with Crippen LogP contribution in [0.5, 0.6) is 5.75 Å². The molecule has 1 aliphatic rings. The Morgan fingerprint density at radius 1 is 1.36 bits per heavy atom. The zero-order chi connectivity index (χ0) is 18.2. The van der Waals surface area contributed by atoms with Gasteiger partial charge in [-0.05, 0) is 56.8 Å². The third kappa shape index (κ3) is 5.92. The number of aliphatic imine (C=N–C) groups is 1. The number of piperidine rings is 1. The SMILES string of the molecule is CN=C(NCC1CCCN(C(C)C)C1)N(C)Cc1ccc(OC)cc1. The fourth-order valence-corrected chi connectivity index (χ4v) is 3.43. The van der Waals surface area contributed by atoms with Gasteiger partial charge in [0.15, 0.2) is 5.96 Å². The summed E-state index contributed by atoms with van der Waals surface area (Å²) in [5, 5.41) is 3.57. The van der Waals surface area contributed by atoms with Crippen molar-refractivity contribution in [2.45, 2.75) is 39.3 Å². The summed E-state index contributed by atoms with van der Waals surface area (Å²) in [6.45, 7) is 8.81. The highest BCUT2D eigenvalue weighted by Crippen LogP contribution is 2.18. The lowest BCUT2D eigenvalue weighted by atomic mass is 9.97. The van der Waals surface area contributed by atoms with Crippen LogP contribution in [-0.4, -0.2) is 62.6 Å². The van der Waals surface area contributed by atoms with Crippen LogP contribution in [0.15, 0.2) is 29.3 Å². The number of benzene rings is 1. The Balaban J connectivity index is 1.84. The average molecular weight is 347 g/mol. The van der Waals surface area contributed by atoms with Crippen molar-refractivity contribution in [1.29, 1.82) is 0 Å². The van der Waals surface area contributed by atoms with Gasteiger partial charge in [-0.1, -0.05) is 12.1 Å². The molecule has 1 atom stereocenters. The van der Waals surface area contributed by atoms with E-state index in [1.54, 1.807) is 7.11 Å². The molecule has 0 amide bonds. The molecule has 0 aromatic heterocycles. The van der Waals surface area contributed by atoms with Crippen LogP contribution in [0.25, 0.3) is 0 Å². The summed E-state index contributed by atoms with van der Waals surface area (Å²) in [5.74, 6) is 2.54. The number of methoxy groups -OCH3 is 1. The zero-order valence-electron chi connectivity index (χ0n) is 16.5. The first-order valence-corrected chi connectivity index (χ1v) is 9.32. The fraction of sp³-hybridized carbons (Fsp3) is 0.650. The molecule has 0 radical (unpaired) electrons. The molecule has 0 bridgehead atoms. The molecule has 1 N–H and O–H groups in total. The molecule has 0 spiro atoms. The highest BCUT2D eigenvalue weighted by molar-refractivity contribution is 5.79. The smallest absolute Gasteiger partial charge is 0.193 e. The highest BCUT2D eigenvalue weighted by atomic mass is 16.5. The van der Waals surface area contributed by atoms with Gasteiger partial charge in [-0.3, -0.25) is 4.99 Å². The van der Waals surface area contributed by atoms with Gasteiger partial charge in [-0.15, -0.1) is 0 Å². The lowest BCUT2D eigenvalue weighted by Gasteiger charge is -2.36. The summed E-state index contributed by atoms with van der Waals surface area (Å²) >= 11 is 0. The maximum Gasteiger partial charge on any atom is 0.193 e. The first kappa shape index (κ1) is 19.6. The Labute approximate surface area is 153 Å². The average Bonchev–Trinajstić information content (AvgIpc) is 2.63.